The molecule has 1 aromatic rings. The van der Waals surface area contributed by atoms with Gasteiger partial charge in [0, 0.05) is 24.2 Å². The summed E-state index contributed by atoms with van der Waals surface area (Å²) in [5, 5.41) is 0.534. The lowest BCUT2D eigenvalue weighted by Crippen LogP contribution is -2.52. The van der Waals surface area contributed by atoms with Crippen LogP contribution in [0.25, 0.3) is 0 Å². The topological polar surface area (TPSA) is 59.1 Å². The van der Waals surface area contributed by atoms with Crippen LogP contribution in [0.4, 0.5) is 5.69 Å². The molecule has 0 saturated carbocycles. The molecule has 2 fully saturated rings. The Morgan fingerprint density at radius 2 is 1.84 bits per heavy atom. The summed E-state index contributed by atoms with van der Waals surface area (Å²) in [6, 6.07) is 2.91. The highest BCUT2D eigenvalue weighted by atomic mass is 35.5. The lowest BCUT2D eigenvalue weighted by Gasteiger charge is -2.37. The minimum absolute atomic E-state index is 0.0352. The van der Waals surface area contributed by atoms with Crippen LogP contribution in [0.3, 0.4) is 0 Å². The molecule has 2 amide bonds. The van der Waals surface area contributed by atoms with Crippen molar-refractivity contribution >= 4 is 29.1 Å². The van der Waals surface area contributed by atoms with Crippen LogP contribution in [-0.2, 0) is 14.3 Å². The first kappa shape index (κ1) is 18.2. The summed E-state index contributed by atoms with van der Waals surface area (Å²) >= 11 is 6.14. The molecule has 2 aliphatic rings. The number of carbonyl (C=O) groups excluding carboxylic acids is 2. The number of amides is 2. The third kappa shape index (κ3) is 3.38. The van der Waals surface area contributed by atoms with E-state index in [1.807, 2.05) is 25.7 Å². The van der Waals surface area contributed by atoms with Gasteiger partial charge in [-0.3, -0.25) is 14.5 Å². The first-order chi connectivity index (χ1) is 11.8. The molecule has 2 aliphatic heterocycles. The van der Waals surface area contributed by atoms with Crippen LogP contribution in [0, 0.1) is 6.92 Å². The van der Waals surface area contributed by atoms with E-state index in [2.05, 4.69) is 0 Å². The van der Waals surface area contributed by atoms with Crippen LogP contribution in [0.15, 0.2) is 12.1 Å². The number of hydrogen-bond acceptors (Lipinski definition) is 5. The van der Waals surface area contributed by atoms with E-state index in [4.69, 9.17) is 21.1 Å². The SMILES string of the molecule is COc1cc(Cl)c(C)cc1N1C(=O)C[C@@H](N2C[C@@H](C)O[C@H](C)C2)C1=O. The maximum atomic E-state index is 13.0. The largest absolute Gasteiger partial charge is 0.495 e. The van der Waals surface area contributed by atoms with E-state index in [9.17, 15) is 9.59 Å². The van der Waals surface area contributed by atoms with E-state index in [1.54, 1.807) is 12.1 Å². The minimum atomic E-state index is -0.456. The Labute approximate surface area is 152 Å². The average molecular weight is 367 g/mol. The molecular weight excluding hydrogens is 344 g/mol. The number of ether oxygens (including phenoxy) is 2. The predicted octanol–water partition coefficient (Wildman–Crippen LogP) is 2.40. The number of carbonyl (C=O) groups is 2. The highest BCUT2D eigenvalue weighted by Crippen LogP contribution is 2.37. The van der Waals surface area contributed by atoms with Gasteiger partial charge in [0.2, 0.25) is 5.91 Å². The first-order valence-electron chi connectivity index (χ1n) is 8.42. The molecule has 2 heterocycles. The fourth-order valence-corrected chi connectivity index (χ4v) is 3.77. The van der Waals surface area contributed by atoms with Crippen molar-refractivity contribution in [2.45, 2.75) is 45.4 Å². The number of hydrogen-bond donors (Lipinski definition) is 0. The lowest BCUT2D eigenvalue weighted by molar-refractivity contribution is -0.127. The zero-order chi connectivity index (χ0) is 18.3. The number of rotatable bonds is 3. The van der Waals surface area contributed by atoms with Gasteiger partial charge in [0.15, 0.2) is 0 Å². The Morgan fingerprint density at radius 3 is 2.44 bits per heavy atom. The maximum absolute atomic E-state index is 13.0. The van der Waals surface area contributed by atoms with Crippen LogP contribution < -0.4 is 9.64 Å². The van der Waals surface area contributed by atoms with Gasteiger partial charge in [-0.25, -0.2) is 4.90 Å². The van der Waals surface area contributed by atoms with E-state index < -0.39 is 6.04 Å². The summed E-state index contributed by atoms with van der Waals surface area (Å²) in [6.07, 6.45) is 0.240. The van der Waals surface area contributed by atoms with Crippen LogP contribution in [0.5, 0.6) is 5.75 Å². The van der Waals surface area contributed by atoms with Crippen LogP contribution in [-0.4, -0.2) is 55.2 Å². The molecule has 25 heavy (non-hydrogen) atoms. The van der Waals surface area contributed by atoms with Crippen molar-refractivity contribution in [2.75, 3.05) is 25.1 Å². The molecule has 0 N–H and O–H groups in total. The van der Waals surface area contributed by atoms with Gasteiger partial charge in [0.05, 0.1) is 37.5 Å². The Kier molecular flexibility index (Phi) is 5.04. The molecule has 136 valence electrons. The number of aryl methyl sites for hydroxylation is 1. The molecule has 3 atom stereocenters. The minimum Gasteiger partial charge on any atom is -0.495 e. The van der Waals surface area contributed by atoms with Crippen molar-refractivity contribution in [2.24, 2.45) is 0 Å². The number of nitrogens with zero attached hydrogens (tertiary/aromatic N) is 2. The standard InChI is InChI=1S/C18H23ClN2O4/c1-10-5-14(16(24-4)6-13(10)19)21-17(22)7-15(18(21)23)20-8-11(2)25-12(3)9-20/h5-6,11-12,15H,7-9H2,1-4H3/t11-,12-,15-/m1/s1. The second kappa shape index (κ2) is 6.94. The monoisotopic (exact) mass is 366 g/mol. The second-order valence-electron chi connectivity index (χ2n) is 6.77. The fraction of sp³-hybridized carbons (Fsp3) is 0.556. The summed E-state index contributed by atoms with van der Waals surface area (Å²) in [5.41, 5.74) is 1.24. The Hall–Kier alpha value is -1.63. The van der Waals surface area contributed by atoms with Gasteiger partial charge in [0.25, 0.3) is 5.91 Å². The Morgan fingerprint density at radius 1 is 1.20 bits per heavy atom. The molecule has 6 nitrogen and oxygen atoms in total. The summed E-state index contributed by atoms with van der Waals surface area (Å²) in [4.78, 5) is 28.9. The van der Waals surface area contributed by atoms with E-state index in [0.29, 0.717) is 29.5 Å². The summed E-state index contributed by atoms with van der Waals surface area (Å²) in [5.74, 6) is -0.0187. The summed E-state index contributed by atoms with van der Waals surface area (Å²) in [7, 11) is 1.50. The third-order valence-electron chi connectivity index (χ3n) is 4.71. The second-order valence-corrected chi connectivity index (χ2v) is 7.18. The van der Waals surface area contributed by atoms with Gasteiger partial charge in [-0.15, -0.1) is 0 Å². The normalized spacial score (nSPS) is 27.9. The van der Waals surface area contributed by atoms with E-state index >= 15 is 0 Å². The smallest absolute Gasteiger partial charge is 0.251 e. The Bertz CT molecular complexity index is 699. The zero-order valence-electron chi connectivity index (χ0n) is 14.9. The molecule has 0 aromatic heterocycles. The maximum Gasteiger partial charge on any atom is 0.251 e. The number of methoxy groups -OCH3 is 1. The average Bonchev–Trinajstić information content (AvgIpc) is 2.83. The van der Waals surface area contributed by atoms with Crippen molar-refractivity contribution in [1.29, 1.82) is 0 Å². The van der Waals surface area contributed by atoms with E-state index in [1.165, 1.54) is 12.0 Å². The van der Waals surface area contributed by atoms with Gasteiger partial charge in [-0.1, -0.05) is 11.6 Å². The van der Waals surface area contributed by atoms with Crippen LogP contribution in [0.2, 0.25) is 5.02 Å². The van der Waals surface area contributed by atoms with Crippen LogP contribution in [0.1, 0.15) is 25.8 Å². The molecule has 0 radical (unpaired) electrons. The predicted molar refractivity (Wildman–Crippen MR) is 95.2 cm³/mol. The third-order valence-corrected chi connectivity index (χ3v) is 5.12. The number of imide groups is 1. The first-order valence-corrected chi connectivity index (χ1v) is 8.80. The zero-order valence-corrected chi connectivity index (χ0v) is 15.7. The fourth-order valence-electron chi connectivity index (χ4n) is 3.61. The van der Waals surface area contributed by atoms with E-state index in [0.717, 1.165) is 5.56 Å². The van der Waals surface area contributed by atoms with Crippen molar-refractivity contribution < 1.29 is 19.1 Å². The van der Waals surface area contributed by atoms with Crippen molar-refractivity contribution in [3.05, 3.63) is 22.7 Å². The lowest BCUT2D eigenvalue weighted by atomic mass is 10.1. The van der Waals surface area contributed by atoms with Gasteiger partial charge in [-0.2, -0.15) is 0 Å². The summed E-state index contributed by atoms with van der Waals surface area (Å²) < 4.78 is 11.1. The summed E-state index contributed by atoms with van der Waals surface area (Å²) in [6.45, 7) is 7.07. The molecule has 3 rings (SSSR count). The van der Waals surface area contributed by atoms with Crippen molar-refractivity contribution in [3.63, 3.8) is 0 Å². The number of morpholine rings is 1. The molecule has 0 bridgehead atoms. The van der Waals surface area contributed by atoms with Gasteiger partial charge in [-0.05, 0) is 32.4 Å². The molecule has 1 aromatic carbocycles. The Balaban J connectivity index is 1.91. The molecule has 2 saturated heterocycles. The quantitative estimate of drug-likeness (QED) is 0.769. The highest BCUT2D eigenvalue weighted by molar-refractivity contribution is 6.32. The van der Waals surface area contributed by atoms with Gasteiger partial charge < -0.3 is 9.47 Å². The molecular formula is C18H23ClN2O4. The van der Waals surface area contributed by atoms with Crippen molar-refractivity contribution in [1.82, 2.24) is 4.90 Å². The molecule has 0 spiro atoms. The van der Waals surface area contributed by atoms with Crippen LogP contribution >= 0.6 is 11.6 Å². The number of benzene rings is 1. The molecule has 7 heteroatoms. The molecule has 0 unspecified atom stereocenters. The molecule has 0 aliphatic carbocycles. The van der Waals surface area contributed by atoms with Gasteiger partial charge in [0.1, 0.15) is 5.75 Å². The van der Waals surface area contributed by atoms with Gasteiger partial charge >= 0.3 is 0 Å². The number of anilines is 1. The highest BCUT2D eigenvalue weighted by Gasteiger charge is 2.45. The van der Waals surface area contributed by atoms with Crippen molar-refractivity contribution in [3.8, 4) is 5.75 Å². The number of halogens is 1. The van der Waals surface area contributed by atoms with E-state index in [-0.39, 0.29) is 30.4 Å².